The van der Waals surface area contributed by atoms with E-state index >= 15 is 0 Å². The molecule has 1 saturated heterocycles. The van der Waals surface area contributed by atoms with E-state index in [1.165, 1.54) is 70.9 Å². The molecule has 1 saturated carbocycles. The molecule has 106 valence electrons. The Morgan fingerprint density at radius 1 is 1.06 bits per heavy atom. The van der Waals surface area contributed by atoms with Crippen molar-refractivity contribution in [3.63, 3.8) is 0 Å². The lowest BCUT2D eigenvalue weighted by atomic mass is 9.95. The van der Waals surface area contributed by atoms with Crippen LogP contribution < -0.4 is 5.32 Å². The zero-order valence-electron chi connectivity index (χ0n) is 12.5. The summed E-state index contributed by atoms with van der Waals surface area (Å²) in [5.41, 5.74) is 0. The Hall–Kier alpha value is -0.0800. The molecular weight excluding hydrogens is 220 g/mol. The molecule has 2 fully saturated rings. The van der Waals surface area contributed by atoms with Crippen molar-refractivity contribution in [3.8, 4) is 0 Å². The number of piperidine rings is 1. The second kappa shape index (κ2) is 7.49. The number of nitrogens with one attached hydrogen (secondary N) is 1. The van der Waals surface area contributed by atoms with E-state index < -0.39 is 0 Å². The van der Waals surface area contributed by atoms with E-state index in [1.807, 2.05) is 0 Å². The van der Waals surface area contributed by atoms with Gasteiger partial charge < -0.3 is 10.2 Å². The second-order valence-electron chi connectivity index (χ2n) is 6.35. The number of hydrogen-bond acceptors (Lipinski definition) is 2. The third-order valence-corrected chi connectivity index (χ3v) is 5.19. The number of nitrogens with zero attached hydrogens (tertiary/aromatic N) is 1. The molecule has 0 spiro atoms. The summed E-state index contributed by atoms with van der Waals surface area (Å²) in [4.78, 5) is 2.80. The smallest absolute Gasteiger partial charge is 0.00951 e. The van der Waals surface area contributed by atoms with Gasteiger partial charge in [0.15, 0.2) is 0 Å². The van der Waals surface area contributed by atoms with Gasteiger partial charge in [0.2, 0.25) is 0 Å². The van der Waals surface area contributed by atoms with Crippen LogP contribution in [0.5, 0.6) is 0 Å². The number of rotatable bonds is 6. The Morgan fingerprint density at radius 2 is 1.94 bits per heavy atom. The first-order valence-electron chi connectivity index (χ1n) is 8.26. The van der Waals surface area contributed by atoms with Crippen LogP contribution in [0.15, 0.2) is 0 Å². The van der Waals surface area contributed by atoms with Crippen LogP contribution in [0.3, 0.4) is 0 Å². The minimum Gasteiger partial charge on any atom is -0.317 e. The van der Waals surface area contributed by atoms with Crippen LogP contribution in [0.4, 0.5) is 0 Å². The molecule has 0 aromatic carbocycles. The average molecular weight is 252 g/mol. The van der Waals surface area contributed by atoms with Gasteiger partial charge in [-0.3, -0.25) is 0 Å². The van der Waals surface area contributed by atoms with Crippen molar-refractivity contribution in [2.24, 2.45) is 5.92 Å². The quantitative estimate of drug-likeness (QED) is 0.779. The summed E-state index contributed by atoms with van der Waals surface area (Å²) in [7, 11) is 2.14. The van der Waals surface area contributed by atoms with Crippen molar-refractivity contribution in [1.82, 2.24) is 10.2 Å². The molecular formula is C16H32N2. The molecule has 3 atom stereocenters. The topological polar surface area (TPSA) is 15.3 Å². The van der Waals surface area contributed by atoms with Gasteiger partial charge in [-0.25, -0.2) is 0 Å². The van der Waals surface area contributed by atoms with Crippen LogP contribution in [0.1, 0.15) is 64.7 Å². The Kier molecular flexibility index (Phi) is 5.97. The first kappa shape index (κ1) is 14.3. The molecule has 18 heavy (non-hydrogen) atoms. The van der Waals surface area contributed by atoms with Crippen LogP contribution in [0.2, 0.25) is 0 Å². The summed E-state index contributed by atoms with van der Waals surface area (Å²) in [6.45, 7) is 5.05. The Bertz CT molecular complexity index is 227. The standard InChI is InChI=1S/C16H32N2/c1-3-7-15-9-4-5-12-18(15)13-11-14-8-6-10-16(14)17-2/h14-17H,3-13H2,1-2H3. The zero-order valence-corrected chi connectivity index (χ0v) is 12.5. The Balaban J connectivity index is 1.76. The van der Waals surface area contributed by atoms with Crippen molar-refractivity contribution >= 4 is 0 Å². The Morgan fingerprint density at radius 3 is 2.72 bits per heavy atom. The van der Waals surface area contributed by atoms with E-state index in [-0.39, 0.29) is 0 Å². The molecule has 2 aliphatic rings. The maximum atomic E-state index is 3.52. The van der Waals surface area contributed by atoms with Crippen LogP contribution >= 0.6 is 0 Å². The highest BCUT2D eigenvalue weighted by Crippen LogP contribution is 2.29. The first-order valence-corrected chi connectivity index (χ1v) is 8.26. The van der Waals surface area contributed by atoms with Crippen LogP contribution in [0.25, 0.3) is 0 Å². The van der Waals surface area contributed by atoms with E-state index in [2.05, 4.69) is 24.2 Å². The SMILES string of the molecule is CCCC1CCCCN1CCC1CCCC1NC. The summed E-state index contributed by atoms with van der Waals surface area (Å²) in [5.74, 6) is 0.944. The Labute approximate surface area is 114 Å². The summed E-state index contributed by atoms with van der Waals surface area (Å²) in [6.07, 6.45) is 12.8. The predicted octanol–water partition coefficient (Wildman–Crippen LogP) is 3.42. The summed E-state index contributed by atoms with van der Waals surface area (Å²) in [5, 5.41) is 3.52. The maximum Gasteiger partial charge on any atom is 0.00951 e. The third kappa shape index (κ3) is 3.71. The molecule has 2 rings (SSSR count). The van der Waals surface area contributed by atoms with E-state index in [9.17, 15) is 0 Å². The lowest BCUT2D eigenvalue weighted by molar-refractivity contribution is 0.128. The highest BCUT2D eigenvalue weighted by Gasteiger charge is 2.28. The van der Waals surface area contributed by atoms with Crippen LogP contribution in [-0.4, -0.2) is 37.1 Å². The van der Waals surface area contributed by atoms with Gasteiger partial charge in [0.05, 0.1) is 0 Å². The molecule has 0 radical (unpaired) electrons. The molecule has 0 bridgehead atoms. The molecule has 1 heterocycles. The lowest BCUT2D eigenvalue weighted by Crippen LogP contribution is -2.41. The maximum absolute atomic E-state index is 3.52. The van der Waals surface area contributed by atoms with E-state index in [0.29, 0.717) is 0 Å². The van der Waals surface area contributed by atoms with Crippen molar-refractivity contribution in [2.75, 3.05) is 20.1 Å². The van der Waals surface area contributed by atoms with Gasteiger partial charge in [0, 0.05) is 12.1 Å². The normalized spacial score (nSPS) is 34.0. The largest absolute Gasteiger partial charge is 0.317 e. The predicted molar refractivity (Wildman–Crippen MR) is 78.9 cm³/mol. The fraction of sp³-hybridized carbons (Fsp3) is 1.00. The molecule has 2 heteroatoms. The van der Waals surface area contributed by atoms with Gasteiger partial charge >= 0.3 is 0 Å². The van der Waals surface area contributed by atoms with Crippen molar-refractivity contribution < 1.29 is 0 Å². The van der Waals surface area contributed by atoms with E-state index in [0.717, 1.165) is 18.0 Å². The summed E-state index contributed by atoms with van der Waals surface area (Å²) >= 11 is 0. The molecule has 2 nitrogen and oxygen atoms in total. The second-order valence-corrected chi connectivity index (χ2v) is 6.35. The average Bonchev–Trinajstić information content (AvgIpc) is 2.85. The monoisotopic (exact) mass is 252 g/mol. The van der Waals surface area contributed by atoms with E-state index in [1.54, 1.807) is 0 Å². The molecule has 1 N–H and O–H groups in total. The van der Waals surface area contributed by atoms with E-state index in [4.69, 9.17) is 0 Å². The molecule has 1 aliphatic carbocycles. The highest BCUT2D eigenvalue weighted by atomic mass is 15.2. The zero-order chi connectivity index (χ0) is 12.8. The lowest BCUT2D eigenvalue weighted by Gasteiger charge is -2.36. The molecule has 3 unspecified atom stereocenters. The highest BCUT2D eigenvalue weighted by molar-refractivity contribution is 4.84. The molecule has 1 aliphatic heterocycles. The first-order chi connectivity index (χ1) is 8.85. The number of hydrogen-bond donors (Lipinski definition) is 1. The van der Waals surface area contributed by atoms with Gasteiger partial charge in [0.1, 0.15) is 0 Å². The molecule has 0 aromatic rings. The van der Waals surface area contributed by atoms with Gasteiger partial charge in [-0.2, -0.15) is 0 Å². The number of likely N-dealkylation sites (tertiary alicyclic amines) is 1. The van der Waals surface area contributed by atoms with Gasteiger partial charge in [-0.15, -0.1) is 0 Å². The summed E-state index contributed by atoms with van der Waals surface area (Å²) in [6, 6.07) is 1.71. The minimum atomic E-state index is 0.805. The van der Waals surface area contributed by atoms with Crippen LogP contribution in [0, 0.1) is 5.92 Å². The summed E-state index contributed by atoms with van der Waals surface area (Å²) < 4.78 is 0. The van der Waals surface area contributed by atoms with Crippen molar-refractivity contribution in [2.45, 2.75) is 76.8 Å². The fourth-order valence-corrected chi connectivity index (χ4v) is 4.11. The molecule has 0 aromatic heterocycles. The van der Waals surface area contributed by atoms with Gasteiger partial charge in [0.25, 0.3) is 0 Å². The van der Waals surface area contributed by atoms with Crippen molar-refractivity contribution in [3.05, 3.63) is 0 Å². The third-order valence-electron chi connectivity index (χ3n) is 5.19. The molecule has 0 amide bonds. The van der Waals surface area contributed by atoms with Crippen LogP contribution in [-0.2, 0) is 0 Å². The van der Waals surface area contributed by atoms with Gasteiger partial charge in [-0.1, -0.05) is 26.2 Å². The van der Waals surface area contributed by atoms with Crippen molar-refractivity contribution in [1.29, 1.82) is 0 Å². The van der Waals surface area contributed by atoms with Gasteiger partial charge in [-0.05, 0) is 64.6 Å². The fourth-order valence-electron chi connectivity index (χ4n) is 4.11. The minimum absolute atomic E-state index is 0.805.